The number of rotatable bonds is 6. The molecule has 0 saturated carbocycles. The maximum absolute atomic E-state index is 12.2. The fourth-order valence-electron chi connectivity index (χ4n) is 2.31. The number of ketones is 1. The average Bonchev–Trinajstić information content (AvgIpc) is 2.56. The number of hydrogen-bond donors (Lipinski definition) is 1. The fourth-order valence-corrected chi connectivity index (χ4v) is 2.31. The van der Waals surface area contributed by atoms with Gasteiger partial charge in [0.05, 0.1) is 12.3 Å². The molecule has 0 saturated heterocycles. The molecule has 0 bridgehead atoms. The average molecular weight is 323 g/mol. The Morgan fingerprint density at radius 3 is 2.38 bits per heavy atom. The van der Waals surface area contributed by atoms with Crippen LogP contribution in [0.25, 0.3) is 0 Å². The second-order valence-electron chi connectivity index (χ2n) is 6.60. The van der Waals surface area contributed by atoms with Crippen molar-refractivity contribution in [3.8, 4) is 5.75 Å². The maximum atomic E-state index is 12.2. The van der Waals surface area contributed by atoms with E-state index in [1.807, 2.05) is 55.5 Å². The van der Waals surface area contributed by atoms with Gasteiger partial charge in [0.2, 0.25) is 0 Å². The molecule has 2 aromatic rings. The molecule has 2 rings (SSSR count). The largest absolute Gasteiger partial charge is 0.492 e. The van der Waals surface area contributed by atoms with E-state index >= 15 is 0 Å². The van der Waals surface area contributed by atoms with Gasteiger partial charge < -0.3 is 10.1 Å². The number of ether oxygens (including phenoxy) is 1. The van der Waals surface area contributed by atoms with Crippen molar-refractivity contribution in [3.63, 3.8) is 0 Å². The summed E-state index contributed by atoms with van der Waals surface area (Å²) in [5.41, 5.74) is 2.82. The monoisotopic (exact) mass is 323 g/mol. The minimum Gasteiger partial charge on any atom is -0.492 e. The third-order valence-electron chi connectivity index (χ3n) is 3.70. The number of allylic oxidation sites excluding steroid dienone is 1. The van der Waals surface area contributed by atoms with Gasteiger partial charge in [-0.3, -0.25) is 4.79 Å². The van der Waals surface area contributed by atoms with Crippen LogP contribution in [0.1, 0.15) is 43.6 Å². The van der Waals surface area contributed by atoms with Crippen LogP contribution in [0.2, 0.25) is 0 Å². The molecule has 24 heavy (non-hydrogen) atoms. The van der Waals surface area contributed by atoms with Gasteiger partial charge in [-0.25, -0.2) is 0 Å². The zero-order chi connectivity index (χ0) is 17.6. The first-order chi connectivity index (χ1) is 11.4. The lowest BCUT2D eigenvalue weighted by molar-refractivity contribution is 0.104. The summed E-state index contributed by atoms with van der Waals surface area (Å²) in [7, 11) is 0. The predicted octanol–water partition coefficient (Wildman–Crippen LogP) is 5.19. The van der Waals surface area contributed by atoms with Gasteiger partial charge in [0.25, 0.3) is 0 Å². The summed E-state index contributed by atoms with van der Waals surface area (Å²) in [6.07, 6.45) is 3.19. The summed E-state index contributed by atoms with van der Waals surface area (Å²) in [5.74, 6) is 0.739. The van der Waals surface area contributed by atoms with E-state index in [2.05, 4.69) is 26.1 Å². The molecule has 1 N–H and O–H groups in total. The topological polar surface area (TPSA) is 38.3 Å². The molecule has 126 valence electrons. The van der Waals surface area contributed by atoms with Crippen LogP contribution in [0, 0.1) is 0 Å². The van der Waals surface area contributed by atoms with Gasteiger partial charge in [-0.2, -0.15) is 0 Å². The Morgan fingerprint density at radius 2 is 1.75 bits per heavy atom. The van der Waals surface area contributed by atoms with Gasteiger partial charge >= 0.3 is 0 Å². The Hall–Kier alpha value is -2.55. The van der Waals surface area contributed by atoms with Crippen LogP contribution in [0.3, 0.4) is 0 Å². The molecule has 3 heteroatoms. The van der Waals surface area contributed by atoms with E-state index in [0.29, 0.717) is 12.2 Å². The van der Waals surface area contributed by atoms with E-state index in [4.69, 9.17) is 4.74 Å². The van der Waals surface area contributed by atoms with Gasteiger partial charge in [0.15, 0.2) is 5.78 Å². The van der Waals surface area contributed by atoms with Gasteiger partial charge in [0, 0.05) is 17.8 Å². The Kier molecular flexibility index (Phi) is 5.80. The van der Waals surface area contributed by atoms with E-state index in [0.717, 1.165) is 11.4 Å². The third-order valence-corrected chi connectivity index (χ3v) is 3.70. The lowest BCUT2D eigenvalue weighted by atomic mass is 9.86. The van der Waals surface area contributed by atoms with Crippen molar-refractivity contribution < 1.29 is 9.53 Å². The highest BCUT2D eigenvalue weighted by Gasteiger charge is 2.13. The molecule has 0 amide bonds. The van der Waals surface area contributed by atoms with Crippen molar-refractivity contribution in [2.24, 2.45) is 0 Å². The van der Waals surface area contributed by atoms with E-state index in [1.54, 1.807) is 6.20 Å². The first kappa shape index (κ1) is 17.8. The lowest BCUT2D eigenvalue weighted by Gasteiger charge is -2.18. The molecule has 0 heterocycles. The quantitative estimate of drug-likeness (QED) is 0.587. The third kappa shape index (κ3) is 4.72. The van der Waals surface area contributed by atoms with Gasteiger partial charge in [-0.1, -0.05) is 57.2 Å². The Labute approximate surface area is 144 Å². The van der Waals surface area contributed by atoms with Crippen LogP contribution in [-0.4, -0.2) is 12.4 Å². The zero-order valence-electron chi connectivity index (χ0n) is 14.8. The second kappa shape index (κ2) is 7.82. The summed E-state index contributed by atoms with van der Waals surface area (Å²) >= 11 is 0. The van der Waals surface area contributed by atoms with Crippen molar-refractivity contribution in [2.75, 3.05) is 11.9 Å². The van der Waals surface area contributed by atoms with Crippen molar-refractivity contribution in [1.29, 1.82) is 0 Å². The molecule has 0 unspecified atom stereocenters. The number of para-hydroxylation sites is 2. The molecular formula is C21H25NO2. The van der Waals surface area contributed by atoms with Crippen LogP contribution in [0.15, 0.2) is 60.8 Å². The molecule has 0 aliphatic carbocycles. The number of carbonyl (C=O) groups excluding carboxylic acids is 1. The zero-order valence-corrected chi connectivity index (χ0v) is 14.8. The summed E-state index contributed by atoms with van der Waals surface area (Å²) in [6.45, 7) is 9.01. The Bertz CT molecular complexity index is 709. The second-order valence-corrected chi connectivity index (χ2v) is 6.60. The lowest BCUT2D eigenvalue weighted by Crippen LogP contribution is -2.11. The number of carbonyl (C=O) groups is 1. The summed E-state index contributed by atoms with van der Waals surface area (Å²) in [5, 5.41) is 3.11. The standard InChI is InChI=1S/C21H25NO2/c1-5-24-20-9-7-6-8-18(20)22-15-14-19(23)16-10-12-17(13-11-16)21(2,3)4/h6-15,22H,5H2,1-4H3/b15-14-. The first-order valence-corrected chi connectivity index (χ1v) is 8.21. The van der Waals surface area contributed by atoms with Crippen LogP contribution in [0.5, 0.6) is 5.75 Å². The van der Waals surface area contributed by atoms with Crippen molar-refractivity contribution in [3.05, 3.63) is 71.9 Å². The highest BCUT2D eigenvalue weighted by Crippen LogP contribution is 2.24. The van der Waals surface area contributed by atoms with Crippen LogP contribution in [-0.2, 0) is 5.41 Å². The van der Waals surface area contributed by atoms with Gasteiger partial charge in [-0.15, -0.1) is 0 Å². The minimum atomic E-state index is -0.0307. The molecule has 0 atom stereocenters. The van der Waals surface area contributed by atoms with Crippen molar-refractivity contribution in [1.82, 2.24) is 0 Å². The highest BCUT2D eigenvalue weighted by molar-refractivity contribution is 6.04. The first-order valence-electron chi connectivity index (χ1n) is 8.21. The van der Waals surface area contributed by atoms with E-state index in [1.165, 1.54) is 11.6 Å². The van der Waals surface area contributed by atoms with Crippen molar-refractivity contribution >= 4 is 11.5 Å². The molecular weight excluding hydrogens is 298 g/mol. The minimum absolute atomic E-state index is 0.0307. The molecule has 0 spiro atoms. The maximum Gasteiger partial charge on any atom is 0.187 e. The van der Waals surface area contributed by atoms with Gasteiger partial charge in [0.1, 0.15) is 5.75 Å². The molecule has 0 aliphatic rings. The molecule has 3 nitrogen and oxygen atoms in total. The SMILES string of the molecule is CCOc1ccccc1N/C=C\C(=O)c1ccc(C(C)(C)C)cc1. The number of nitrogens with one attached hydrogen (secondary N) is 1. The fraction of sp³-hybridized carbons (Fsp3) is 0.286. The number of anilines is 1. The molecule has 0 radical (unpaired) electrons. The normalized spacial score (nSPS) is 11.5. The summed E-state index contributed by atoms with van der Waals surface area (Å²) < 4.78 is 5.54. The summed E-state index contributed by atoms with van der Waals surface area (Å²) in [6, 6.07) is 15.4. The van der Waals surface area contributed by atoms with E-state index in [9.17, 15) is 4.79 Å². The van der Waals surface area contributed by atoms with Crippen LogP contribution in [0.4, 0.5) is 5.69 Å². The van der Waals surface area contributed by atoms with E-state index < -0.39 is 0 Å². The highest BCUT2D eigenvalue weighted by atomic mass is 16.5. The predicted molar refractivity (Wildman–Crippen MR) is 99.8 cm³/mol. The number of hydrogen-bond acceptors (Lipinski definition) is 3. The molecule has 0 fully saturated rings. The van der Waals surface area contributed by atoms with Crippen LogP contribution >= 0.6 is 0 Å². The molecule has 0 aliphatic heterocycles. The Morgan fingerprint density at radius 1 is 1.08 bits per heavy atom. The smallest absolute Gasteiger partial charge is 0.187 e. The van der Waals surface area contributed by atoms with Gasteiger partial charge in [-0.05, 0) is 30.0 Å². The van der Waals surface area contributed by atoms with E-state index in [-0.39, 0.29) is 11.2 Å². The number of benzene rings is 2. The molecule has 0 aromatic heterocycles. The summed E-state index contributed by atoms with van der Waals surface area (Å²) in [4.78, 5) is 12.2. The van der Waals surface area contributed by atoms with Crippen LogP contribution < -0.4 is 10.1 Å². The van der Waals surface area contributed by atoms with Crippen molar-refractivity contribution in [2.45, 2.75) is 33.1 Å². The Balaban J connectivity index is 2.03. The molecule has 2 aromatic carbocycles.